The number of aliphatic hydroxyl groups is 1. The number of benzene rings is 3. The predicted octanol–water partition coefficient (Wildman–Crippen LogP) is 8.20. The van der Waals surface area contributed by atoms with Crippen LogP contribution in [-0.2, 0) is 16.1 Å². The summed E-state index contributed by atoms with van der Waals surface area (Å²) in [6, 6.07) is 10.1. The highest BCUT2D eigenvalue weighted by Crippen LogP contribution is 2.39. The maximum Gasteiger partial charge on any atom is 0.167 e. The zero-order valence-electron chi connectivity index (χ0n) is 21.7. The summed E-state index contributed by atoms with van der Waals surface area (Å²) in [5, 5.41) is 10.1. The van der Waals surface area contributed by atoms with Gasteiger partial charge in [0.05, 0.1) is 25.4 Å². The third kappa shape index (κ3) is 5.88. The van der Waals surface area contributed by atoms with E-state index in [0.29, 0.717) is 56.3 Å². The van der Waals surface area contributed by atoms with E-state index in [2.05, 4.69) is 0 Å². The van der Waals surface area contributed by atoms with Crippen molar-refractivity contribution in [2.24, 2.45) is 0 Å². The number of ether oxygens (including phenoxy) is 2. The van der Waals surface area contributed by atoms with E-state index in [1.165, 1.54) is 30.3 Å². The first-order valence-corrected chi connectivity index (χ1v) is 13.4. The van der Waals surface area contributed by atoms with Crippen molar-refractivity contribution >= 4 is 0 Å². The molecule has 208 valence electrons. The van der Waals surface area contributed by atoms with E-state index >= 15 is 0 Å². The van der Waals surface area contributed by atoms with Gasteiger partial charge in [0.1, 0.15) is 11.9 Å². The lowest BCUT2D eigenvalue weighted by Crippen LogP contribution is -2.21. The molecule has 0 radical (unpaired) electrons. The summed E-state index contributed by atoms with van der Waals surface area (Å²) in [5.41, 5.74) is 0.797. The number of epoxide rings is 1. The Bertz CT molecular complexity index is 1330. The van der Waals surface area contributed by atoms with Gasteiger partial charge in [-0.3, -0.25) is 0 Å². The van der Waals surface area contributed by atoms with E-state index in [1.54, 1.807) is 12.1 Å². The van der Waals surface area contributed by atoms with Crippen molar-refractivity contribution in [1.82, 2.24) is 0 Å². The van der Waals surface area contributed by atoms with E-state index in [0.717, 1.165) is 0 Å². The maximum atomic E-state index is 14.9. The molecule has 0 amide bonds. The van der Waals surface area contributed by atoms with Gasteiger partial charge in [0.25, 0.3) is 0 Å². The average Bonchev–Trinajstić information content (AvgIpc) is 3.77. The third-order valence-electron chi connectivity index (χ3n) is 7.78. The van der Waals surface area contributed by atoms with Gasteiger partial charge in [0, 0.05) is 22.3 Å². The molecule has 0 bridgehead atoms. The second kappa shape index (κ2) is 11.7. The van der Waals surface area contributed by atoms with Gasteiger partial charge in [-0.1, -0.05) is 49.7 Å². The number of hydrogen-bond donors (Lipinski definition) is 1. The summed E-state index contributed by atoms with van der Waals surface area (Å²) >= 11 is 0. The Morgan fingerprint density at radius 3 is 2.18 bits per heavy atom. The lowest BCUT2D eigenvalue weighted by molar-refractivity contribution is 0.0130. The minimum absolute atomic E-state index is 0.00823. The van der Waals surface area contributed by atoms with Crippen molar-refractivity contribution in [2.75, 3.05) is 6.61 Å². The Morgan fingerprint density at radius 1 is 0.846 bits per heavy atom. The van der Waals surface area contributed by atoms with Crippen LogP contribution in [0.2, 0.25) is 0 Å². The molecule has 2 unspecified atom stereocenters. The standard InChI is InChI=1S/C31H31F5O3/c1-2-3-26(37)23-12-10-20(28(33)30(23)35)18-5-7-19(8-6-18)38-15-17-4-9-21(25(32)14-17)22-11-13-24(27-16-39-27)31(36)29(22)34/h4,9-14,18-19,26-27,37H,2-3,5-8,15-16H2,1H3. The van der Waals surface area contributed by atoms with Crippen LogP contribution in [0.25, 0.3) is 11.1 Å². The first-order valence-electron chi connectivity index (χ1n) is 13.4. The normalized spacial score (nSPS) is 21.7. The summed E-state index contributed by atoms with van der Waals surface area (Å²) in [6.45, 7) is 2.34. The largest absolute Gasteiger partial charge is 0.388 e. The summed E-state index contributed by atoms with van der Waals surface area (Å²) in [6.07, 6.45) is 1.92. The zero-order valence-corrected chi connectivity index (χ0v) is 21.7. The van der Waals surface area contributed by atoms with Crippen LogP contribution in [0.5, 0.6) is 0 Å². The summed E-state index contributed by atoms with van der Waals surface area (Å²) in [4.78, 5) is 0. The van der Waals surface area contributed by atoms with Crippen molar-refractivity contribution in [3.05, 3.63) is 93.8 Å². The summed E-state index contributed by atoms with van der Waals surface area (Å²) in [5.74, 6) is -4.84. The molecule has 3 nitrogen and oxygen atoms in total. The molecule has 5 rings (SSSR count). The van der Waals surface area contributed by atoms with Gasteiger partial charge < -0.3 is 14.6 Å². The highest BCUT2D eigenvalue weighted by Gasteiger charge is 2.31. The van der Waals surface area contributed by atoms with Crippen molar-refractivity contribution in [3.8, 4) is 11.1 Å². The van der Waals surface area contributed by atoms with Gasteiger partial charge in [0.15, 0.2) is 23.3 Å². The lowest BCUT2D eigenvalue weighted by Gasteiger charge is -2.29. The van der Waals surface area contributed by atoms with Gasteiger partial charge >= 0.3 is 0 Å². The van der Waals surface area contributed by atoms with Gasteiger partial charge in [-0.15, -0.1) is 0 Å². The molecule has 1 N–H and O–H groups in total. The van der Waals surface area contributed by atoms with Crippen LogP contribution in [0, 0.1) is 29.1 Å². The Hall–Kier alpha value is -2.81. The molecule has 1 aliphatic carbocycles. The summed E-state index contributed by atoms with van der Waals surface area (Å²) in [7, 11) is 0. The molecule has 2 aliphatic rings. The van der Waals surface area contributed by atoms with Crippen molar-refractivity contribution in [1.29, 1.82) is 0 Å². The molecule has 1 saturated carbocycles. The molecule has 1 heterocycles. The first kappa shape index (κ1) is 27.7. The molecule has 2 fully saturated rings. The van der Waals surface area contributed by atoms with Crippen LogP contribution in [0.15, 0.2) is 42.5 Å². The molecule has 1 saturated heterocycles. The fourth-order valence-corrected chi connectivity index (χ4v) is 5.45. The van der Waals surface area contributed by atoms with E-state index in [1.807, 2.05) is 6.92 Å². The molecule has 1 aliphatic heterocycles. The number of rotatable bonds is 9. The van der Waals surface area contributed by atoms with E-state index < -0.39 is 41.3 Å². The third-order valence-corrected chi connectivity index (χ3v) is 7.78. The Labute approximate surface area is 224 Å². The SMILES string of the molecule is CCCC(O)c1ccc(C2CCC(OCc3ccc(-c4ccc(C5CO5)c(F)c4F)c(F)c3)CC2)c(F)c1F. The van der Waals surface area contributed by atoms with Gasteiger partial charge in [-0.2, -0.15) is 0 Å². The Kier molecular flexibility index (Phi) is 8.35. The minimum atomic E-state index is -1.11. The predicted molar refractivity (Wildman–Crippen MR) is 136 cm³/mol. The van der Waals surface area contributed by atoms with Gasteiger partial charge in [0.2, 0.25) is 0 Å². The van der Waals surface area contributed by atoms with Crippen LogP contribution in [0.3, 0.4) is 0 Å². The highest BCUT2D eigenvalue weighted by molar-refractivity contribution is 5.66. The molecule has 8 heteroatoms. The van der Waals surface area contributed by atoms with Gasteiger partial charge in [-0.05, 0) is 55.2 Å². The minimum Gasteiger partial charge on any atom is -0.388 e. The molecule has 3 aromatic carbocycles. The Balaban J connectivity index is 1.18. The fourth-order valence-electron chi connectivity index (χ4n) is 5.45. The van der Waals surface area contributed by atoms with E-state index in [4.69, 9.17) is 9.47 Å². The summed E-state index contributed by atoms with van der Waals surface area (Å²) < 4.78 is 84.3. The zero-order chi connectivity index (χ0) is 27.7. The second-order valence-corrected chi connectivity index (χ2v) is 10.4. The molecular weight excluding hydrogens is 515 g/mol. The number of hydrogen-bond acceptors (Lipinski definition) is 3. The molecule has 39 heavy (non-hydrogen) atoms. The maximum absolute atomic E-state index is 14.9. The van der Waals surface area contributed by atoms with Crippen molar-refractivity contribution in [2.45, 2.75) is 76.3 Å². The average molecular weight is 547 g/mol. The van der Waals surface area contributed by atoms with E-state index in [9.17, 15) is 27.1 Å². The lowest BCUT2D eigenvalue weighted by atomic mass is 9.82. The van der Waals surface area contributed by atoms with Crippen LogP contribution < -0.4 is 0 Å². The highest BCUT2D eigenvalue weighted by atomic mass is 19.2. The number of halogens is 5. The quantitative estimate of drug-likeness (QED) is 0.217. The van der Waals surface area contributed by atoms with Crippen LogP contribution in [-0.4, -0.2) is 17.8 Å². The number of aliphatic hydroxyl groups excluding tert-OH is 1. The molecule has 0 aromatic heterocycles. The van der Waals surface area contributed by atoms with E-state index in [-0.39, 0.29) is 40.9 Å². The second-order valence-electron chi connectivity index (χ2n) is 10.4. The first-order chi connectivity index (χ1) is 18.8. The van der Waals surface area contributed by atoms with Crippen molar-refractivity contribution < 1.29 is 36.5 Å². The monoisotopic (exact) mass is 546 g/mol. The molecule has 2 atom stereocenters. The molecule has 0 spiro atoms. The topological polar surface area (TPSA) is 42.0 Å². The molecule has 3 aromatic rings. The fraction of sp³-hybridized carbons (Fsp3) is 0.419. The molecular formula is C31H31F5O3. The smallest absolute Gasteiger partial charge is 0.167 e. The van der Waals surface area contributed by atoms with Crippen LogP contribution >= 0.6 is 0 Å². The van der Waals surface area contributed by atoms with Crippen molar-refractivity contribution in [3.63, 3.8) is 0 Å². The van der Waals surface area contributed by atoms with Crippen LogP contribution in [0.1, 0.15) is 85.8 Å². The van der Waals surface area contributed by atoms with Crippen LogP contribution in [0.4, 0.5) is 22.0 Å². The van der Waals surface area contributed by atoms with Gasteiger partial charge in [-0.25, -0.2) is 22.0 Å². The Morgan fingerprint density at radius 2 is 1.51 bits per heavy atom.